The number of nitrogens with zero attached hydrogens (tertiary/aromatic N) is 3. The van der Waals surface area contributed by atoms with Gasteiger partial charge >= 0.3 is 0 Å². The van der Waals surface area contributed by atoms with E-state index in [2.05, 4.69) is 143 Å². The van der Waals surface area contributed by atoms with Crippen molar-refractivity contribution in [1.29, 1.82) is 0 Å². The monoisotopic (exact) mass is 571 g/mol. The summed E-state index contributed by atoms with van der Waals surface area (Å²) in [4.78, 5) is 15.3. The molecule has 1 aliphatic rings. The zero-order valence-electron chi connectivity index (χ0n) is 25.9. The van der Waals surface area contributed by atoms with E-state index in [9.17, 15) is 0 Å². The summed E-state index contributed by atoms with van der Waals surface area (Å²) >= 11 is 0. The fraction of sp³-hybridized carbons (Fsp3) is 0.195. The highest BCUT2D eigenvalue weighted by Crippen LogP contribution is 2.46. The molecule has 1 aliphatic carbocycles. The highest BCUT2D eigenvalue weighted by atomic mass is 15.0. The van der Waals surface area contributed by atoms with E-state index in [0.29, 0.717) is 17.5 Å². The topological polar surface area (TPSA) is 38.7 Å². The number of rotatable bonds is 5. The van der Waals surface area contributed by atoms with Gasteiger partial charge in [0.2, 0.25) is 0 Å². The molecule has 0 aliphatic heterocycles. The molecule has 0 saturated heterocycles. The Morgan fingerprint density at radius 3 is 1.23 bits per heavy atom. The predicted molar refractivity (Wildman–Crippen MR) is 182 cm³/mol. The average Bonchev–Trinajstić information content (AvgIpc) is 3.07. The molecule has 5 aromatic carbocycles. The maximum atomic E-state index is 5.13. The normalized spacial score (nSPS) is 15.0. The molecule has 0 amide bonds. The molecule has 0 spiro atoms. The summed E-state index contributed by atoms with van der Waals surface area (Å²) in [7, 11) is 0. The van der Waals surface area contributed by atoms with Gasteiger partial charge < -0.3 is 0 Å². The molecule has 44 heavy (non-hydrogen) atoms. The van der Waals surface area contributed by atoms with Gasteiger partial charge in [0, 0.05) is 16.7 Å². The molecule has 0 bridgehead atoms. The van der Waals surface area contributed by atoms with Gasteiger partial charge in [-0.2, -0.15) is 0 Å². The van der Waals surface area contributed by atoms with Crippen molar-refractivity contribution in [3.63, 3.8) is 0 Å². The van der Waals surface area contributed by atoms with E-state index in [1.165, 1.54) is 28.7 Å². The van der Waals surface area contributed by atoms with Gasteiger partial charge in [-0.1, -0.05) is 137 Å². The summed E-state index contributed by atoms with van der Waals surface area (Å²) in [6, 6.07) is 44.7. The van der Waals surface area contributed by atoms with E-state index < -0.39 is 0 Å². The fourth-order valence-corrected chi connectivity index (χ4v) is 6.43. The summed E-state index contributed by atoms with van der Waals surface area (Å²) in [6.45, 7) is 9.44. The van der Waals surface area contributed by atoms with E-state index in [4.69, 9.17) is 15.0 Å². The Hall–Kier alpha value is -4.89. The summed E-state index contributed by atoms with van der Waals surface area (Å²) in [5.41, 5.74) is 10.6. The second-order valence-electron chi connectivity index (χ2n) is 13.2. The maximum absolute atomic E-state index is 5.13. The second kappa shape index (κ2) is 11.0. The van der Waals surface area contributed by atoms with E-state index in [1.807, 2.05) is 12.1 Å². The van der Waals surface area contributed by atoms with Crippen molar-refractivity contribution >= 4 is 0 Å². The molecule has 0 radical (unpaired) electrons. The quantitative estimate of drug-likeness (QED) is 0.207. The summed E-state index contributed by atoms with van der Waals surface area (Å²) in [5.74, 6) is 2.04. The average molecular weight is 572 g/mol. The van der Waals surface area contributed by atoms with Gasteiger partial charge in [0.1, 0.15) is 0 Å². The van der Waals surface area contributed by atoms with Crippen LogP contribution in [-0.2, 0) is 10.8 Å². The van der Waals surface area contributed by atoms with Crippen LogP contribution in [0.2, 0.25) is 0 Å². The van der Waals surface area contributed by atoms with Crippen molar-refractivity contribution in [2.24, 2.45) is 0 Å². The van der Waals surface area contributed by atoms with Crippen LogP contribution in [-0.4, -0.2) is 15.0 Å². The standard InChI is InChI=1S/C41H37N3/c1-40(2)23-24-41(3,4)36-27-34(21-22-35(36)40)39-43-37(32-19-11-17-30(25-32)28-13-7-5-8-14-28)42-38(44-39)33-20-12-18-31(26-33)29-15-9-6-10-16-29/h5-22,25-27H,23-24H2,1-4H3. The van der Waals surface area contributed by atoms with Crippen LogP contribution in [0.15, 0.2) is 127 Å². The molecule has 6 aromatic rings. The Balaban J connectivity index is 1.40. The minimum absolute atomic E-state index is 0.0909. The molecule has 0 unspecified atom stereocenters. The number of hydrogen-bond donors (Lipinski definition) is 0. The summed E-state index contributed by atoms with van der Waals surface area (Å²) < 4.78 is 0. The SMILES string of the molecule is CC1(C)CCC(C)(C)c2cc(-c3nc(-c4cccc(-c5ccccc5)c4)nc(-c4cccc(-c5ccccc5)c4)n3)ccc21. The Bertz CT molecular complexity index is 1850. The molecule has 0 fully saturated rings. The van der Waals surface area contributed by atoms with Gasteiger partial charge in [-0.15, -0.1) is 0 Å². The van der Waals surface area contributed by atoms with E-state index in [-0.39, 0.29) is 10.8 Å². The molecule has 7 rings (SSSR count). The van der Waals surface area contributed by atoms with Crippen LogP contribution >= 0.6 is 0 Å². The Morgan fingerprint density at radius 1 is 0.364 bits per heavy atom. The zero-order valence-corrected chi connectivity index (χ0v) is 25.9. The van der Waals surface area contributed by atoms with Crippen LogP contribution in [0, 0.1) is 0 Å². The first-order valence-corrected chi connectivity index (χ1v) is 15.5. The lowest BCUT2D eigenvalue weighted by molar-refractivity contribution is 0.332. The Kier molecular flexibility index (Phi) is 6.97. The van der Waals surface area contributed by atoms with Crippen LogP contribution in [0.5, 0.6) is 0 Å². The predicted octanol–water partition coefficient (Wildman–Crippen LogP) is 10.6. The number of hydrogen-bond acceptors (Lipinski definition) is 3. The molecule has 3 nitrogen and oxygen atoms in total. The third-order valence-electron chi connectivity index (χ3n) is 9.20. The molecule has 1 aromatic heterocycles. The van der Waals surface area contributed by atoms with Gasteiger partial charge in [-0.3, -0.25) is 0 Å². The lowest BCUT2D eigenvalue weighted by atomic mass is 9.63. The smallest absolute Gasteiger partial charge is 0.164 e. The van der Waals surface area contributed by atoms with Gasteiger partial charge in [0.25, 0.3) is 0 Å². The van der Waals surface area contributed by atoms with Crippen molar-refractivity contribution in [2.75, 3.05) is 0 Å². The third kappa shape index (κ3) is 5.35. The molecule has 3 heteroatoms. The molecular formula is C41H37N3. The number of benzene rings is 5. The van der Waals surface area contributed by atoms with Crippen LogP contribution in [0.25, 0.3) is 56.4 Å². The first-order valence-electron chi connectivity index (χ1n) is 15.5. The Morgan fingerprint density at radius 2 is 0.750 bits per heavy atom. The minimum atomic E-state index is 0.0909. The van der Waals surface area contributed by atoms with Crippen LogP contribution in [0.4, 0.5) is 0 Å². The van der Waals surface area contributed by atoms with Crippen molar-refractivity contribution in [1.82, 2.24) is 15.0 Å². The third-order valence-corrected chi connectivity index (χ3v) is 9.20. The molecule has 1 heterocycles. The number of aromatic nitrogens is 3. The van der Waals surface area contributed by atoms with Gasteiger partial charge in [0.05, 0.1) is 0 Å². The highest BCUT2D eigenvalue weighted by molar-refractivity contribution is 5.75. The van der Waals surface area contributed by atoms with E-state index >= 15 is 0 Å². The largest absolute Gasteiger partial charge is 0.208 e. The first-order chi connectivity index (χ1) is 21.3. The summed E-state index contributed by atoms with van der Waals surface area (Å²) in [5, 5.41) is 0. The van der Waals surface area contributed by atoms with E-state index in [0.717, 1.165) is 34.2 Å². The van der Waals surface area contributed by atoms with Crippen molar-refractivity contribution in [2.45, 2.75) is 51.4 Å². The van der Waals surface area contributed by atoms with Crippen LogP contribution in [0.3, 0.4) is 0 Å². The van der Waals surface area contributed by atoms with Crippen molar-refractivity contribution in [3.05, 3.63) is 139 Å². The van der Waals surface area contributed by atoms with Crippen LogP contribution < -0.4 is 0 Å². The van der Waals surface area contributed by atoms with Gasteiger partial charge in [-0.05, 0) is 75.3 Å². The zero-order chi connectivity index (χ0) is 30.3. The fourth-order valence-electron chi connectivity index (χ4n) is 6.43. The second-order valence-corrected chi connectivity index (χ2v) is 13.2. The molecule has 0 saturated carbocycles. The maximum Gasteiger partial charge on any atom is 0.164 e. The van der Waals surface area contributed by atoms with Gasteiger partial charge in [-0.25, -0.2) is 15.0 Å². The van der Waals surface area contributed by atoms with Gasteiger partial charge in [0.15, 0.2) is 17.5 Å². The molecule has 216 valence electrons. The first kappa shape index (κ1) is 27.9. The van der Waals surface area contributed by atoms with Crippen LogP contribution in [0.1, 0.15) is 51.7 Å². The molecule has 0 atom stereocenters. The lowest BCUT2D eigenvalue weighted by Crippen LogP contribution is -2.33. The Labute approximate surface area is 260 Å². The molecule has 0 N–H and O–H groups in total. The molecular weight excluding hydrogens is 534 g/mol. The highest BCUT2D eigenvalue weighted by Gasteiger charge is 2.37. The summed E-state index contributed by atoms with van der Waals surface area (Å²) in [6.07, 6.45) is 2.34. The minimum Gasteiger partial charge on any atom is -0.208 e. The van der Waals surface area contributed by atoms with Crippen molar-refractivity contribution in [3.8, 4) is 56.4 Å². The number of fused-ring (bicyclic) bond motifs is 1. The lowest BCUT2D eigenvalue weighted by Gasteiger charge is -2.42. The van der Waals surface area contributed by atoms with Crippen molar-refractivity contribution < 1.29 is 0 Å². The van der Waals surface area contributed by atoms with E-state index in [1.54, 1.807) is 0 Å².